The zero-order valence-electron chi connectivity index (χ0n) is 19.1. The first kappa shape index (κ1) is 22.3. The highest BCUT2D eigenvalue weighted by Crippen LogP contribution is 2.41. The molecule has 0 saturated carbocycles. The third-order valence-corrected chi connectivity index (χ3v) is 5.97. The summed E-state index contributed by atoms with van der Waals surface area (Å²) >= 11 is 0. The van der Waals surface area contributed by atoms with Crippen LogP contribution in [0.2, 0.25) is 0 Å². The van der Waals surface area contributed by atoms with Crippen LogP contribution < -0.4 is 5.32 Å². The van der Waals surface area contributed by atoms with Gasteiger partial charge in [-0.05, 0) is 37.5 Å². The van der Waals surface area contributed by atoms with Gasteiger partial charge in [0.25, 0.3) is 0 Å². The van der Waals surface area contributed by atoms with Crippen LogP contribution in [0.4, 0.5) is 0 Å². The summed E-state index contributed by atoms with van der Waals surface area (Å²) in [4.78, 5) is 27.1. The van der Waals surface area contributed by atoms with E-state index in [9.17, 15) is 9.59 Å². The molecular formula is C29H27NO3. The number of dihydropyridines is 1. The van der Waals surface area contributed by atoms with Crippen molar-refractivity contribution in [2.45, 2.75) is 33.3 Å². The predicted octanol–water partition coefficient (Wildman–Crippen LogP) is 5.86. The summed E-state index contributed by atoms with van der Waals surface area (Å²) in [5.74, 6) is -1.05. The van der Waals surface area contributed by atoms with Crippen molar-refractivity contribution in [3.8, 4) is 0 Å². The van der Waals surface area contributed by atoms with Crippen LogP contribution in [0.1, 0.15) is 46.8 Å². The molecule has 166 valence electrons. The number of ketones is 1. The van der Waals surface area contributed by atoms with Crippen LogP contribution in [0.15, 0.2) is 107 Å². The molecule has 33 heavy (non-hydrogen) atoms. The van der Waals surface area contributed by atoms with Crippen molar-refractivity contribution in [2.75, 3.05) is 0 Å². The molecular weight excluding hydrogens is 410 g/mol. The Kier molecular flexibility index (Phi) is 6.55. The maximum absolute atomic E-state index is 13.7. The smallest absolute Gasteiger partial charge is 0.337 e. The van der Waals surface area contributed by atoms with Crippen LogP contribution in [-0.4, -0.2) is 11.8 Å². The van der Waals surface area contributed by atoms with Crippen LogP contribution in [0, 0.1) is 6.92 Å². The standard InChI is InChI=1S/C29H27NO3/c1-19-12-10-11-17-24(19)27-25(28(31)23-15-8-5-9-16-23)20(2)30-21(3)26(27)29(32)33-18-22-13-6-4-7-14-22/h4-17,27,30H,18H2,1-3H3. The summed E-state index contributed by atoms with van der Waals surface area (Å²) in [6, 6.07) is 26.6. The van der Waals surface area contributed by atoms with Crippen molar-refractivity contribution in [3.05, 3.63) is 130 Å². The van der Waals surface area contributed by atoms with E-state index in [1.165, 1.54) is 0 Å². The molecule has 1 aliphatic rings. The van der Waals surface area contributed by atoms with Crippen LogP contribution in [0.3, 0.4) is 0 Å². The lowest BCUT2D eigenvalue weighted by Gasteiger charge is -2.32. The van der Waals surface area contributed by atoms with Crippen LogP contribution in [-0.2, 0) is 16.1 Å². The Bertz CT molecular complexity index is 1240. The van der Waals surface area contributed by atoms with Gasteiger partial charge >= 0.3 is 5.97 Å². The molecule has 1 aliphatic heterocycles. The fraction of sp³-hybridized carbons (Fsp3) is 0.172. The molecule has 1 atom stereocenters. The molecule has 0 fully saturated rings. The van der Waals surface area contributed by atoms with Crippen molar-refractivity contribution in [2.24, 2.45) is 0 Å². The quantitative estimate of drug-likeness (QED) is 0.388. The van der Waals surface area contributed by atoms with Gasteiger partial charge < -0.3 is 10.1 Å². The molecule has 0 radical (unpaired) electrons. The highest BCUT2D eigenvalue weighted by atomic mass is 16.5. The van der Waals surface area contributed by atoms with Gasteiger partial charge in [0.15, 0.2) is 5.78 Å². The zero-order chi connectivity index (χ0) is 23.4. The lowest BCUT2D eigenvalue weighted by molar-refractivity contribution is -0.140. The normalized spacial score (nSPS) is 15.8. The predicted molar refractivity (Wildman–Crippen MR) is 129 cm³/mol. The Hall–Kier alpha value is -3.92. The molecule has 4 heteroatoms. The highest BCUT2D eigenvalue weighted by Gasteiger charge is 2.38. The van der Waals surface area contributed by atoms with Crippen molar-refractivity contribution < 1.29 is 14.3 Å². The van der Waals surface area contributed by atoms with Gasteiger partial charge in [0.1, 0.15) is 6.61 Å². The van der Waals surface area contributed by atoms with Gasteiger partial charge in [0, 0.05) is 28.4 Å². The maximum Gasteiger partial charge on any atom is 0.337 e. The lowest BCUT2D eigenvalue weighted by Crippen LogP contribution is -2.32. The molecule has 0 amide bonds. The van der Waals surface area contributed by atoms with Gasteiger partial charge in [0.2, 0.25) is 0 Å². The molecule has 4 nitrogen and oxygen atoms in total. The van der Waals surface area contributed by atoms with E-state index in [0.717, 1.165) is 22.4 Å². The minimum atomic E-state index is -0.525. The Morgan fingerprint density at radius 1 is 0.758 bits per heavy atom. The number of Topliss-reactive ketones (excluding diaryl/α,β-unsaturated/α-hetero) is 1. The molecule has 3 aromatic carbocycles. The van der Waals surface area contributed by atoms with E-state index >= 15 is 0 Å². The highest BCUT2D eigenvalue weighted by molar-refractivity contribution is 6.12. The number of carbonyl (C=O) groups excluding carboxylic acids is 2. The molecule has 0 saturated heterocycles. The summed E-state index contributed by atoms with van der Waals surface area (Å²) in [6.07, 6.45) is 0. The molecule has 1 N–H and O–H groups in total. The monoisotopic (exact) mass is 437 g/mol. The lowest BCUT2D eigenvalue weighted by atomic mass is 9.76. The van der Waals surface area contributed by atoms with Gasteiger partial charge in [-0.3, -0.25) is 4.79 Å². The summed E-state index contributed by atoms with van der Waals surface area (Å²) in [5.41, 5.74) is 5.90. The number of ether oxygens (including phenoxy) is 1. The molecule has 0 aliphatic carbocycles. The molecule has 0 aromatic heterocycles. The third kappa shape index (κ3) is 4.65. The number of esters is 1. The number of benzene rings is 3. The van der Waals surface area contributed by atoms with Gasteiger partial charge in [-0.25, -0.2) is 4.79 Å². The number of allylic oxidation sites excluding steroid dienone is 3. The number of nitrogens with one attached hydrogen (secondary N) is 1. The first-order chi connectivity index (χ1) is 16.0. The number of hydrogen-bond acceptors (Lipinski definition) is 4. The average molecular weight is 438 g/mol. The minimum absolute atomic E-state index is 0.102. The van der Waals surface area contributed by atoms with Crippen molar-refractivity contribution in [1.29, 1.82) is 0 Å². The van der Waals surface area contributed by atoms with Gasteiger partial charge in [0.05, 0.1) is 5.57 Å². The van der Waals surface area contributed by atoms with Gasteiger partial charge in [-0.15, -0.1) is 0 Å². The van der Waals surface area contributed by atoms with Crippen molar-refractivity contribution in [1.82, 2.24) is 5.32 Å². The fourth-order valence-electron chi connectivity index (χ4n) is 4.33. The van der Waals surface area contributed by atoms with Gasteiger partial charge in [-0.1, -0.05) is 84.9 Å². The van der Waals surface area contributed by atoms with E-state index in [1.807, 2.05) is 93.6 Å². The Balaban J connectivity index is 1.77. The number of aryl methyl sites for hydroxylation is 1. The maximum atomic E-state index is 13.7. The first-order valence-electron chi connectivity index (χ1n) is 11.0. The second-order valence-corrected chi connectivity index (χ2v) is 8.25. The van der Waals surface area contributed by atoms with E-state index < -0.39 is 11.9 Å². The Morgan fingerprint density at radius 3 is 2.00 bits per heavy atom. The van der Waals surface area contributed by atoms with Gasteiger partial charge in [-0.2, -0.15) is 0 Å². The van der Waals surface area contributed by atoms with Crippen molar-refractivity contribution >= 4 is 11.8 Å². The topological polar surface area (TPSA) is 55.4 Å². The largest absolute Gasteiger partial charge is 0.457 e. The Morgan fingerprint density at radius 2 is 1.33 bits per heavy atom. The van der Waals surface area contributed by atoms with E-state index in [0.29, 0.717) is 22.4 Å². The van der Waals surface area contributed by atoms with E-state index in [-0.39, 0.29) is 12.4 Å². The second-order valence-electron chi connectivity index (χ2n) is 8.25. The Labute approximate surface area is 194 Å². The molecule has 1 unspecified atom stereocenters. The van der Waals surface area contributed by atoms with E-state index in [2.05, 4.69) is 5.32 Å². The van der Waals surface area contributed by atoms with Crippen LogP contribution >= 0.6 is 0 Å². The molecule has 0 bridgehead atoms. The van der Waals surface area contributed by atoms with E-state index in [4.69, 9.17) is 4.74 Å². The van der Waals surface area contributed by atoms with Crippen LogP contribution in [0.5, 0.6) is 0 Å². The molecule has 4 rings (SSSR count). The SMILES string of the molecule is CC1=C(C(=O)OCc2ccccc2)C(c2ccccc2C)C(C(=O)c2ccccc2)=C(C)N1. The average Bonchev–Trinajstić information content (AvgIpc) is 2.83. The number of hydrogen-bond donors (Lipinski definition) is 1. The zero-order valence-corrected chi connectivity index (χ0v) is 19.1. The van der Waals surface area contributed by atoms with Crippen molar-refractivity contribution in [3.63, 3.8) is 0 Å². The molecule has 0 spiro atoms. The summed E-state index contributed by atoms with van der Waals surface area (Å²) in [6.45, 7) is 5.91. The third-order valence-electron chi connectivity index (χ3n) is 5.97. The summed E-state index contributed by atoms with van der Waals surface area (Å²) in [5, 5.41) is 3.27. The van der Waals surface area contributed by atoms with E-state index in [1.54, 1.807) is 12.1 Å². The first-order valence-corrected chi connectivity index (χ1v) is 11.0. The molecule has 1 heterocycles. The number of rotatable bonds is 6. The second kappa shape index (κ2) is 9.70. The summed E-state index contributed by atoms with van der Waals surface area (Å²) in [7, 11) is 0. The molecule has 3 aromatic rings. The summed E-state index contributed by atoms with van der Waals surface area (Å²) < 4.78 is 5.73. The van der Waals surface area contributed by atoms with Crippen LogP contribution in [0.25, 0.3) is 0 Å². The number of carbonyl (C=O) groups is 2. The fourth-order valence-corrected chi connectivity index (χ4v) is 4.33. The minimum Gasteiger partial charge on any atom is -0.457 e.